The quantitative estimate of drug-likeness (QED) is 0.591. The van der Waals surface area contributed by atoms with Crippen LogP contribution in [0, 0.1) is 25.7 Å². The maximum atomic E-state index is 13.0. The van der Waals surface area contributed by atoms with Crippen LogP contribution in [0.2, 0.25) is 0 Å². The lowest BCUT2D eigenvalue weighted by molar-refractivity contribution is -0.128. The number of fused-ring (bicyclic) bond motifs is 5. The third-order valence-electron chi connectivity index (χ3n) is 5.32. The fraction of sp³-hybridized carbons (Fsp3) is 0.444. The van der Waals surface area contributed by atoms with Crippen LogP contribution in [-0.2, 0) is 14.3 Å². The molecular formula is C18H19NO3. The molecule has 0 radical (unpaired) electrons. The first kappa shape index (κ1) is 13.7. The number of imide groups is 1. The Morgan fingerprint density at radius 3 is 2.05 bits per heavy atom. The summed E-state index contributed by atoms with van der Waals surface area (Å²) < 4.78 is 6.01. The fourth-order valence-electron chi connectivity index (χ4n) is 4.32. The van der Waals surface area contributed by atoms with Crippen LogP contribution in [0.3, 0.4) is 0 Å². The number of anilines is 1. The molecule has 22 heavy (non-hydrogen) atoms. The summed E-state index contributed by atoms with van der Waals surface area (Å²) in [5, 5.41) is 0. The van der Waals surface area contributed by atoms with E-state index in [4.69, 9.17) is 4.74 Å². The predicted molar refractivity (Wildman–Crippen MR) is 82.4 cm³/mol. The molecule has 0 saturated carbocycles. The van der Waals surface area contributed by atoms with Crippen LogP contribution in [0.25, 0.3) is 0 Å². The minimum atomic E-state index is -0.667. The summed E-state index contributed by atoms with van der Waals surface area (Å²) in [5.41, 5.74) is 1.42. The standard InChI is InChI=1S/C18H19NO3/c1-10-5-6-12(11(2)9-10)19-15(20)13-14(16(19)21)18(4)8-7-17(13,3)22-18/h5-9,13-14H,1-4H3. The molecule has 3 heterocycles. The van der Waals surface area contributed by atoms with Crippen LogP contribution in [0.4, 0.5) is 5.69 Å². The number of hydrogen-bond donors (Lipinski definition) is 0. The minimum absolute atomic E-state index is 0.141. The Bertz CT molecular complexity index is 717. The van der Waals surface area contributed by atoms with Crippen molar-refractivity contribution in [1.82, 2.24) is 0 Å². The Labute approximate surface area is 129 Å². The summed E-state index contributed by atoms with van der Waals surface area (Å²) in [6, 6.07) is 5.79. The number of carbonyl (C=O) groups is 2. The molecule has 2 fully saturated rings. The maximum Gasteiger partial charge on any atom is 0.241 e. The van der Waals surface area contributed by atoms with Crippen molar-refractivity contribution in [3.8, 4) is 0 Å². The SMILES string of the molecule is Cc1ccc(N2C(=O)C3C(C2=O)C2(C)C=CC3(C)O2)c(C)c1. The van der Waals surface area contributed by atoms with Gasteiger partial charge in [-0.15, -0.1) is 0 Å². The third kappa shape index (κ3) is 1.46. The zero-order chi connectivity index (χ0) is 15.9. The fourth-order valence-corrected chi connectivity index (χ4v) is 4.32. The molecule has 2 saturated heterocycles. The molecule has 1 aromatic carbocycles. The summed E-state index contributed by atoms with van der Waals surface area (Å²) in [6.45, 7) is 7.73. The van der Waals surface area contributed by atoms with E-state index in [9.17, 15) is 9.59 Å². The molecule has 4 rings (SSSR count). The molecule has 4 atom stereocenters. The third-order valence-corrected chi connectivity index (χ3v) is 5.32. The van der Waals surface area contributed by atoms with Crippen LogP contribution in [0.15, 0.2) is 30.4 Å². The van der Waals surface area contributed by atoms with Crippen molar-refractivity contribution in [2.24, 2.45) is 11.8 Å². The summed E-state index contributed by atoms with van der Waals surface area (Å²) >= 11 is 0. The first-order chi connectivity index (χ1) is 10.3. The Hall–Kier alpha value is -1.94. The molecule has 2 amide bonds. The molecule has 2 bridgehead atoms. The number of aryl methyl sites for hydroxylation is 2. The maximum absolute atomic E-state index is 13.0. The van der Waals surface area contributed by atoms with Gasteiger partial charge in [0.2, 0.25) is 11.8 Å². The van der Waals surface area contributed by atoms with E-state index >= 15 is 0 Å². The van der Waals surface area contributed by atoms with Crippen molar-refractivity contribution in [2.75, 3.05) is 4.90 Å². The summed E-state index contributed by atoms with van der Waals surface area (Å²) in [6.07, 6.45) is 3.87. The zero-order valence-corrected chi connectivity index (χ0v) is 13.2. The number of carbonyl (C=O) groups excluding carboxylic acids is 2. The number of hydrogen-bond acceptors (Lipinski definition) is 3. The second-order valence-electron chi connectivity index (χ2n) is 7.06. The molecule has 3 aliphatic rings. The highest BCUT2D eigenvalue weighted by Crippen LogP contribution is 2.57. The van der Waals surface area contributed by atoms with Crippen molar-refractivity contribution >= 4 is 17.5 Å². The lowest BCUT2D eigenvalue weighted by Gasteiger charge is -2.26. The van der Waals surface area contributed by atoms with E-state index < -0.39 is 23.0 Å². The second-order valence-corrected chi connectivity index (χ2v) is 7.06. The highest BCUT2D eigenvalue weighted by molar-refractivity contribution is 6.23. The van der Waals surface area contributed by atoms with E-state index in [1.165, 1.54) is 4.90 Å². The Morgan fingerprint density at radius 2 is 1.55 bits per heavy atom. The smallest absolute Gasteiger partial charge is 0.241 e. The van der Waals surface area contributed by atoms with Crippen molar-refractivity contribution in [3.05, 3.63) is 41.5 Å². The van der Waals surface area contributed by atoms with Gasteiger partial charge in [-0.1, -0.05) is 29.8 Å². The molecular weight excluding hydrogens is 278 g/mol. The van der Waals surface area contributed by atoms with Crippen LogP contribution < -0.4 is 4.90 Å². The van der Waals surface area contributed by atoms with Crippen molar-refractivity contribution in [1.29, 1.82) is 0 Å². The normalized spacial score (nSPS) is 39.0. The van der Waals surface area contributed by atoms with Crippen molar-refractivity contribution < 1.29 is 14.3 Å². The molecule has 4 heteroatoms. The van der Waals surface area contributed by atoms with Crippen LogP contribution >= 0.6 is 0 Å². The van der Waals surface area contributed by atoms with Gasteiger partial charge in [0.25, 0.3) is 0 Å². The van der Waals surface area contributed by atoms with E-state index in [2.05, 4.69) is 0 Å². The molecule has 0 aromatic heterocycles. The number of benzene rings is 1. The van der Waals surface area contributed by atoms with Gasteiger partial charge in [0.05, 0.1) is 28.7 Å². The molecule has 0 aliphatic carbocycles. The second kappa shape index (κ2) is 3.87. The van der Waals surface area contributed by atoms with Crippen LogP contribution in [0.1, 0.15) is 25.0 Å². The Balaban J connectivity index is 1.83. The Morgan fingerprint density at radius 1 is 1.00 bits per heavy atom. The summed E-state index contributed by atoms with van der Waals surface area (Å²) in [7, 11) is 0. The van der Waals surface area contributed by atoms with E-state index in [0.29, 0.717) is 5.69 Å². The molecule has 0 spiro atoms. The van der Waals surface area contributed by atoms with Gasteiger partial charge in [0, 0.05) is 0 Å². The van der Waals surface area contributed by atoms with Gasteiger partial charge < -0.3 is 4.74 Å². The molecule has 0 N–H and O–H groups in total. The first-order valence-corrected chi connectivity index (χ1v) is 7.62. The van der Waals surface area contributed by atoms with E-state index in [1.54, 1.807) is 0 Å². The monoisotopic (exact) mass is 297 g/mol. The van der Waals surface area contributed by atoms with Crippen LogP contribution in [0.5, 0.6) is 0 Å². The summed E-state index contributed by atoms with van der Waals surface area (Å²) in [4.78, 5) is 27.3. The number of nitrogens with zero attached hydrogens (tertiary/aromatic N) is 1. The number of rotatable bonds is 1. The van der Waals surface area contributed by atoms with E-state index in [-0.39, 0.29) is 11.8 Å². The molecule has 3 aliphatic heterocycles. The van der Waals surface area contributed by atoms with Gasteiger partial charge in [-0.25, -0.2) is 4.90 Å². The lowest BCUT2D eigenvalue weighted by Crippen LogP contribution is -2.39. The largest absolute Gasteiger partial charge is 0.359 e. The van der Waals surface area contributed by atoms with E-state index in [0.717, 1.165) is 11.1 Å². The minimum Gasteiger partial charge on any atom is -0.359 e. The number of ether oxygens (including phenoxy) is 1. The molecule has 4 unspecified atom stereocenters. The van der Waals surface area contributed by atoms with Crippen molar-refractivity contribution in [3.63, 3.8) is 0 Å². The topological polar surface area (TPSA) is 46.6 Å². The van der Waals surface area contributed by atoms with Gasteiger partial charge in [0.1, 0.15) is 0 Å². The first-order valence-electron chi connectivity index (χ1n) is 7.62. The average Bonchev–Trinajstić information content (AvgIpc) is 2.97. The van der Waals surface area contributed by atoms with Gasteiger partial charge >= 0.3 is 0 Å². The van der Waals surface area contributed by atoms with Crippen LogP contribution in [-0.4, -0.2) is 23.0 Å². The molecule has 4 nitrogen and oxygen atoms in total. The average molecular weight is 297 g/mol. The highest BCUT2D eigenvalue weighted by Gasteiger charge is 2.70. The van der Waals surface area contributed by atoms with Gasteiger partial charge in [-0.3, -0.25) is 9.59 Å². The van der Waals surface area contributed by atoms with Crippen molar-refractivity contribution in [2.45, 2.75) is 38.9 Å². The highest BCUT2D eigenvalue weighted by atomic mass is 16.5. The predicted octanol–water partition coefficient (Wildman–Crippen LogP) is 2.53. The number of amides is 2. The van der Waals surface area contributed by atoms with Gasteiger partial charge in [0.15, 0.2) is 0 Å². The van der Waals surface area contributed by atoms with E-state index in [1.807, 2.05) is 58.0 Å². The molecule has 1 aromatic rings. The summed E-state index contributed by atoms with van der Waals surface area (Å²) in [5.74, 6) is -1.12. The Kier molecular flexibility index (Phi) is 2.41. The molecule has 114 valence electrons. The van der Waals surface area contributed by atoms with Gasteiger partial charge in [-0.2, -0.15) is 0 Å². The zero-order valence-electron chi connectivity index (χ0n) is 13.2. The van der Waals surface area contributed by atoms with Gasteiger partial charge in [-0.05, 0) is 39.3 Å². The lowest BCUT2D eigenvalue weighted by atomic mass is 9.73.